The molecule has 1 atom stereocenters. The molecule has 1 aromatic heterocycles. The van der Waals surface area contributed by atoms with Gasteiger partial charge in [-0.3, -0.25) is 4.90 Å². The third kappa shape index (κ3) is 4.92. The molecule has 1 aliphatic heterocycles. The molecule has 2 aromatic rings. The van der Waals surface area contributed by atoms with Crippen molar-refractivity contribution in [2.75, 3.05) is 33.4 Å². The van der Waals surface area contributed by atoms with Gasteiger partial charge in [-0.1, -0.05) is 6.07 Å². The second kappa shape index (κ2) is 8.18. The molecule has 1 fully saturated rings. The van der Waals surface area contributed by atoms with Crippen LogP contribution in [0.2, 0.25) is 0 Å². The summed E-state index contributed by atoms with van der Waals surface area (Å²) in [5.74, 6) is 1.35. The van der Waals surface area contributed by atoms with E-state index in [0.717, 1.165) is 31.0 Å². The van der Waals surface area contributed by atoms with Crippen LogP contribution in [0.1, 0.15) is 17.4 Å². The quantitative estimate of drug-likeness (QED) is 0.830. The largest absolute Gasteiger partial charge is 0.493 e. The number of halogens is 3. The first-order valence-corrected chi connectivity index (χ1v) is 8.66. The number of piperazine rings is 1. The van der Waals surface area contributed by atoms with Crippen LogP contribution >= 0.6 is 0 Å². The second-order valence-electron chi connectivity index (χ2n) is 6.48. The molecule has 1 aliphatic rings. The Hall–Kier alpha value is -2.26. The summed E-state index contributed by atoms with van der Waals surface area (Å²) in [5, 5.41) is 3.38. The van der Waals surface area contributed by atoms with E-state index in [1.165, 1.54) is 13.2 Å². The lowest BCUT2D eigenvalue weighted by Crippen LogP contribution is -2.46. The number of ether oxygens (including phenoxy) is 2. The molecule has 0 bridgehead atoms. The Morgan fingerprint density at radius 1 is 1.30 bits per heavy atom. The van der Waals surface area contributed by atoms with Gasteiger partial charge >= 0.3 is 6.18 Å². The molecule has 1 unspecified atom stereocenters. The van der Waals surface area contributed by atoms with Crippen LogP contribution in [0.15, 0.2) is 30.6 Å². The van der Waals surface area contributed by atoms with E-state index in [-0.39, 0.29) is 11.8 Å². The highest BCUT2D eigenvalue weighted by molar-refractivity contribution is 5.43. The van der Waals surface area contributed by atoms with Gasteiger partial charge in [0.2, 0.25) is 0 Å². The molecule has 0 spiro atoms. The average molecular weight is 384 g/mol. The molecule has 0 amide bonds. The van der Waals surface area contributed by atoms with E-state index in [9.17, 15) is 13.2 Å². The van der Waals surface area contributed by atoms with Crippen molar-refractivity contribution in [3.05, 3.63) is 42.0 Å². The fourth-order valence-electron chi connectivity index (χ4n) is 3.21. The van der Waals surface area contributed by atoms with Crippen molar-refractivity contribution in [2.24, 2.45) is 7.05 Å². The average Bonchev–Trinajstić information content (AvgIpc) is 3.06. The van der Waals surface area contributed by atoms with Crippen LogP contribution in [0.25, 0.3) is 0 Å². The predicted octanol–water partition coefficient (Wildman–Crippen LogP) is 2.52. The van der Waals surface area contributed by atoms with E-state index in [2.05, 4.69) is 15.2 Å². The van der Waals surface area contributed by atoms with Gasteiger partial charge in [0.05, 0.1) is 13.2 Å². The molecule has 1 aromatic carbocycles. The minimum Gasteiger partial charge on any atom is -0.493 e. The Bertz CT molecular complexity index is 763. The second-order valence-corrected chi connectivity index (χ2v) is 6.48. The minimum absolute atomic E-state index is 0.0829. The van der Waals surface area contributed by atoms with Gasteiger partial charge in [0.1, 0.15) is 5.82 Å². The van der Waals surface area contributed by atoms with Gasteiger partial charge in [-0.2, -0.15) is 13.2 Å². The van der Waals surface area contributed by atoms with Crippen molar-refractivity contribution in [2.45, 2.75) is 18.8 Å². The Balaban J connectivity index is 1.74. The molecule has 0 aliphatic carbocycles. The topological polar surface area (TPSA) is 51.5 Å². The lowest BCUT2D eigenvalue weighted by atomic mass is 10.1. The highest BCUT2D eigenvalue weighted by atomic mass is 19.4. The van der Waals surface area contributed by atoms with Crippen molar-refractivity contribution in [1.82, 2.24) is 19.8 Å². The highest BCUT2D eigenvalue weighted by Gasteiger charge is 2.29. The molecule has 2 heterocycles. The maximum atomic E-state index is 12.4. The zero-order valence-corrected chi connectivity index (χ0v) is 15.3. The molecule has 0 saturated carbocycles. The summed E-state index contributed by atoms with van der Waals surface area (Å²) in [5.41, 5.74) is 0.937. The summed E-state index contributed by atoms with van der Waals surface area (Å²) >= 11 is 0. The number of benzene rings is 1. The monoisotopic (exact) mass is 384 g/mol. The van der Waals surface area contributed by atoms with Crippen LogP contribution in [-0.4, -0.2) is 54.0 Å². The molecule has 1 N–H and O–H groups in total. The van der Waals surface area contributed by atoms with Gasteiger partial charge in [0.25, 0.3) is 0 Å². The Morgan fingerprint density at radius 3 is 2.78 bits per heavy atom. The number of aromatic nitrogens is 2. The third-order valence-corrected chi connectivity index (χ3v) is 4.52. The molecular formula is C18H23F3N4O2. The number of methoxy groups -OCH3 is 1. The van der Waals surface area contributed by atoms with Crippen LogP contribution in [-0.2, 0) is 13.6 Å². The first kappa shape index (κ1) is 19.5. The van der Waals surface area contributed by atoms with Crippen LogP contribution in [0.4, 0.5) is 13.2 Å². The van der Waals surface area contributed by atoms with Crippen LogP contribution < -0.4 is 14.8 Å². The van der Waals surface area contributed by atoms with E-state index >= 15 is 0 Å². The minimum atomic E-state index is -4.39. The maximum Gasteiger partial charge on any atom is 0.422 e. The number of aryl methyl sites for hydroxylation is 1. The molecule has 148 valence electrons. The summed E-state index contributed by atoms with van der Waals surface area (Å²) in [7, 11) is 3.38. The van der Waals surface area contributed by atoms with Gasteiger partial charge in [-0.05, 0) is 17.7 Å². The van der Waals surface area contributed by atoms with Gasteiger partial charge in [0, 0.05) is 45.6 Å². The summed E-state index contributed by atoms with van der Waals surface area (Å²) in [6.07, 6.45) is -0.699. The number of nitrogens with zero attached hydrogens (tertiary/aromatic N) is 3. The standard InChI is InChI=1S/C18H23F3N4O2/c1-24-7-6-23-17(24)14-10-22-5-8-25(14)11-13-3-4-15(16(9-13)26-2)27-12-18(19,20)21/h3-4,6-7,9,14,22H,5,8,10-12H2,1-2H3. The number of hydrogen-bond acceptors (Lipinski definition) is 5. The molecule has 6 nitrogen and oxygen atoms in total. The first-order chi connectivity index (χ1) is 12.9. The van der Waals surface area contributed by atoms with Crippen molar-refractivity contribution >= 4 is 0 Å². The number of rotatable bonds is 6. The summed E-state index contributed by atoms with van der Waals surface area (Å²) in [6, 6.07) is 5.14. The van der Waals surface area contributed by atoms with Crippen LogP contribution in [0.3, 0.4) is 0 Å². The normalized spacial score (nSPS) is 18.5. The van der Waals surface area contributed by atoms with E-state index in [4.69, 9.17) is 9.47 Å². The van der Waals surface area contributed by atoms with E-state index < -0.39 is 12.8 Å². The van der Waals surface area contributed by atoms with Crippen molar-refractivity contribution in [3.8, 4) is 11.5 Å². The molecule has 3 rings (SSSR count). The Kier molecular flexibility index (Phi) is 5.91. The number of hydrogen-bond donors (Lipinski definition) is 1. The molecule has 27 heavy (non-hydrogen) atoms. The number of imidazole rings is 1. The smallest absolute Gasteiger partial charge is 0.422 e. The summed E-state index contributed by atoms with van der Waals surface area (Å²) < 4.78 is 49.2. The fraction of sp³-hybridized carbons (Fsp3) is 0.500. The lowest BCUT2D eigenvalue weighted by molar-refractivity contribution is -0.153. The Labute approximate surface area is 155 Å². The zero-order chi connectivity index (χ0) is 19.4. The highest BCUT2D eigenvalue weighted by Crippen LogP contribution is 2.31. The Morgan fingerprint density at radius 2 is 2.11 bits per heavy atom. The molecule has 0 radical (unpaired) electrons. The van der Waals surface area contributed by atoms with E-state index in [0.29, 0.717) is 12.3 Å². The van der Waals surface area contributed by atoms with Crippen molar-refractivity contribution in [1.29, 1.82) is 0 Å². The maximum absolute atomic E-state index is 12.4. The van der Waals surface area contributed by atoms with Gasteiger partial charge < -0.3 is 19.4 Å². The number of nitrogens with one attached hydrogen (secondary N) is 1. The zero-order valence-electron chi connectivity index (χ0n) is 15.3. The lowest BCUT2D eigenvalue weighted by Gasteiger charge is -2.35. The summed E-state index contributed by atoms with van der Waals surface area (Å²) in [4.78, 5) is 6.75. The van der Waals surface area contributed by atoms with Gasteiger partial charge in [-0.25, -0.2) is 4.98 Å². The van der Waals surface area contributed by atoms with Crippen molar-refractivity contribution in [3.63, 3.8) is 0 Å². The molecular weight excluding hydrogens is 361 g/mol. The fourth-order valence-corrected chi connectivity index (χ4v) is 3.21. The van der Waals surface area contributed by atoms with E-state index in [1.807, 2.05) is 17.8 Å². The van der Waals surface area contributed by atoms with Crippen LogP contribution in [0, 0.1) is 0 Å². The van der Waals surface area contributed by atoms with Crippen molar-refractivity contribution < 1.29 is 22.6 Å². The van der Waals surface area contributed by atoms with Gasteiger partial charge in [0.15, 0.2) is 18.1 Å². The molecule has 9 heteroatoms. The summed E-state index contributed by atoms with van der Waals surface area (Å²) in [6.45, 7) is 1.78. The van der Waals surface area contributed by atoms with E-state index in [1.54, 1.807) is 18.3 Å². The SMILES string of the molecule is COc1cc(CN2CCNCC2c2nccn2C)ccc1OCC(F)(F)F. The number of alkyl halides is 3. The van der Waals surface area contributed by atoms with Crippen LogP contribution in [0.5, 0.6) is 11.5 Å². The predicted molar refractivity (Wildman–Crippen MR) is 93.8 cm³/mol. The van der Waals surface area contributed by atoms with Gasteiger partial charge in [-0.15, -0.1) is 0 Å². The molecule has 1 saturated heterocycles. The first-order valence-electron chi connectivity index (χ1n) is 8.66. The third-order valence-electron chi connectivity index (χ3n) is 4.52.